The standard InChI is InChI=1S/C12H17NO.ClH/c1-2-3-9-11(12(13)14)10-7-5-4-6-8-10;/h4-8,11H,2-3,9H2,1H3,(H2,13,14);1H. The van der Waals surface area contributed by atoms with E-state index in [1.807, 2.05) is 30.3 Å². The first-order chi connectivity index (χ1) is 6.75. The predicted molar refractivity (Wildman–Crippen MR) is 65.2 cm³/mol. The van der Waals surface area contributed by atoms with Crippen molar-refractivity contribution in [3.8, 4) is 0 Å². The average Bonchev–Trinajstić information content (AvgIpc) is 2.19. The molecule has 0 heterocycles. The van der Waals surface area contributed by atoms with Gasteiger partial charge in [0.1, 0.15) is 0 Å². The summed E-state index contributed by atoms with van der Waals surface area (Å²) in [4.78, 5) is 11.2. The molecule has 0 saturated carbocycles. The van der Waals surface area contributed by atoms with Gasteiger partial charge in [-0.15, -0.1) is 12.4 Å². The summed E-state index contributed by atoms with van der Waals surface area (Å²) in [5, 5.41) is 0. The lowest BCUT2D eigenvalue weighted by Gasteiger charge is -2.12. The Morgan fingerprint density at radius 2 is 1.93 bits per heavy atom. The van der Waals surface area contributed by atoms with Crippen LogP contribution in [0.2, 0.25) is 0 Å². The number of primary amides is 1. The van der Waals surface area contributed by atoms with Crippen molar-refractivity contribution in [2.24, 2.45) is 5.73 Å². The maximum atomic E-state index is 11.2. The Kier molecular flexibility index (Phi) is 6.80. The Labute approximate surface area is 97.3 Å². The van der Waals surface area contributed by atoms with Crippen LogP contribution in [0.1, 0.15) is 37.7 Å². The molecule has 1 amide bonds. The molecule has 0 aliphatic rings. The van der Waals surface area contributed by atoms with Crippen LogP contribution in [0, 0.1) is 0 Å². The Bertz CT molecular complexity index is 287. The molecule has 0 fully saturated rings. The molecule has 1 atom stereocenters. The van der Waals surface area contributed by atoms with Crippen LogP contribution in [0.25, 0.3) is 0 Å². The predicted octanol–water partition coefficient (Wildman–Crippen LogP) is 2.87. The largest absolute Gasteiger partial charge is 0.369 e. The highest BCUT2D eigenvalue weighted by atomic mass is 35.5. The number of nitrogens with two attached hydrogens (primary N) is 1. The highest BCUT2D eigenvalue weighted by Crippen LogP contribution is 2.21. The van der Waals surface area contributed by atoms with Crippen LogP contribution in [-0.4, -0.2) is 5.91 Å². The molecule has 0 aliphatic heterocycles. The van der Waals surface area contributed by atoms with E-state index in [1.54, 1.807) is 0 Å². The normalized spacial score (nSPS) is 11.5. The van der Waals surface area contributed by atoms with E-state index in [-0.39, 0.29) is 24.2 Å². The molecule has 84 valence electrons. The number of hydrogen-bond acceptors (Lipinski definition) is 1. The van der Waals surface area contributed by atoms with Gasteiger partial charge in [0, 0.05) is 0 Å². The Morgan fingerprint density at radius 1 is 1.33 bits per heavy atom. The van der Waals surface area contributed by atoms with E-state index in [9.17, 15) is 4.79 Å². The van der Waals surface area contributed by atoms with Crippen LogP contribution in [0.3, 0.4) is 0 Å². The topological polar surface area (TPSA) is 43.1 Å². The molecular formula is C12H18ClNO. The van der Waals surface area contributed by atoms with E-state index >= 15 is 0 Å². The van der Waals surface area contributed by atoms with E-state index in [0.717, 1.165) is 24.8 Å². The molecule has 0 aliphatic carbocycles. The van der Waals surface area contributed by atoms with Gasteiger partial charge in [-0.2, -0.15) is 0 Å². The number of amides is 1. The lowest BCUT2D eigenvalue weighted by atomic mass is 9.93. The lowest BCUT2D eigenvalue weighted by Crippen LogP contribution is -2.21. The molecule has 2 N–H and O–H groups in total. The summed E-state index contributed by atoms with van der Waals surface area (Å²) < 4.78 is 0. The van der Waals surface area contributed by atoms with Crippen molar-refractivity contribution < 1.29 is 4.79 Å². The van der Waals surface area contributed by atoms with E-state index in [2.05, 4.69) is 6.92 Å². The van der Waals surface area contributed by atoms with Gasteiger partial charge < -0.3 is 5.73 Å². The van der Waals surface area contributed by atoms with Gasteiger partial charge in [-0.1, -0.05) is 50.1 Å². The van der Waals surface area contributed by atoms with Crippen LogP contribution >= 0.6 is 12.4 Å². The summed E-state index contributed by atoms with van der Waals surface area (Å²) in [6, 6.07) is 9.76. The first-order valence-corrected chi connectivity index (χ1v) is 5.10. The van der Waals surface area contributed by atoms with E-state index < -0.39 is 0 Å². The van der Waals surface area contributed by atoms with Gasteiger partial charge in [0.15, 0.2) is 0 Å². The second-order valence-corrected chi connectivity index (χ2v) is 3.51. The number of hydrogen-bond donors (Lipinski definition) is 1. The monoisotopic (exact) mass is 227 g/mol. The Hall–Kier alpha value is -1.02. The number of benzene rings is 1. The van der Waals surface area contributed by atoms with Gasteiger partial charge in [0.2, 0.25) is 5.91 Å². The first-order valence-electron chi connectivity index (χ1n) is 5.10. The summed E-state index contributed by atoms with van der Waals surface area (Å²) in [7, 11) is 0. The number of rotatable bonds is 5. The van der Waals surface area contributed by atoms with Gasteiger partial charge in [0.25, 0.3) is 0 Å². The number of carbonyl (C=O) groups excluding carboxylic acids is 1. The Balaban J connectivity index is 0.00000196. The SMILES string of the molecule is CCCCC(C(N)=O)c1ccccc1.Cl. The van der Waals surface area contributed by atoms with Gasteiger partial charge in [-0.05, 0) is 12.0 Å². The average molecular weight is 228 g/mol. The molecule has 2 nitrogen and oxygen atoms in total. The smallest absolute Gasteiger partial charge is 0.224 e. The minimum Gasteiger partial charge on any atom is -0.369 e. The van der Waals surface area contributed by atoms with Crippen LogP contribution < -0.4 is 5.73 Å². The highest BCUT2D eigenvalue weighted by Gasteiger charge is 2.16. The molecule has 3 heteroatoms. The van der Waals surface area contributed by atoms with Crippen molar-refractivity contribution in [2.45, 2.75) is 32.1 Å². The molecule has 0 saturated heterocycles. The van der Waals surface area contributed by atoms with Crippen molar-refractivity contribution in [2.75, 3.05) is 0 Å². The zero-order valence-electron chi connectivity index (χ0n) is 8.98. The fourth-order valence-corrected chi connectivity index (χ4v) is 1.57. The minimum absolute atomic E-state index is 0. The molecular weight excluding hydrogens is 210 g/mol. The molecule has 0 radical (unpaired) electrons. The molecule has 0 aromatic heterocycles. The molecule has 0 bridgehead atoms. The zero-order valence-corrected chi connectivity index (χ0v) is 9.80. The maximum absolute atomic E-state index is 11.2. The fourth-order valence-electron chi connectivity index (χ4n) is 1.57. The summed E-state index contributed by atoms with van der Waals surface area (Å²) in [6.45, 7) is 2.11. The zero-order chi connectivity index (χ0) is 10.4. The van der Waals surface area contributed by atoms with Crippen molar-refractivity contribution in [3.05, 3.63) is 35.9 Å². The molecule has 1 rings (SSSR count). The van der Waals surface area contributed by atoms with Gasteiger partial charge in [0.05, 0.1) is 5.92 Å². The quantitative estimate of drug-likeness (QED) is 0.826. The van der Waals surface area contributed by atoms with Crippen molar-refractivity contribution >= 4 is 18.3 Å². The van der Waals surface area contributed by atoms with E-state index in [0.29, 0.717) is 0 Å². The van der Waals surface area contributed by atoms with Gasteiger partial charge >= 0.3 is 0 Å². The Morgan fingerprint density at radius 3 is 2.40 bits per heavy atom. The third-order valence-corrected chi connectivity index (χ3v) is 2.39. The van der Waals surface area contributed by atoms with Crippen molar-refractivity contribution in [1.82, 2.24) is 0 Å². The summed E-state index contributed by atoms with van der Waals surface area (Å²) in [5.74, 6) is -0.333. The van der Waals surface area contributed by atoms with E-state index in [4.69, 9.17) is 5.73 Å². The van der Waals surface area contributed by atoms with Crippen LogP contribution in [-0.2, 0) is 4.79 Å². The highest BCUT2D eigenvalue weighted by molar-refractivity contribution is 5.85. The van der Waals surface area contributed by atoms with Crippen LogP contribution in [0.15, 0.2) is 30.3 Å². The maximum Gasteiger partial charge on any atom is 0.224 e. The summed E-state index contributed by atoms with van der Waals surface area (Å²) in [5.41, 5.74) is 6.41. The van der Waals surface area contributed by atoms with E-state index in [1.165, 1.54) is 0 Å². The molecule has 15 heavy (non-hydrogen) atoms. The second kappa shape index (κ2) is 7.30. The van der Waals surface area contributed by atoms with Crippen LogP contribution in [0.4, 0.5) is 0 Å². The van der Waals surface area contributed by atoms with Crippen molar-refractivity contribution in [1.29, 1.82) is 0 Å². The molecule has 0 spiro atoms. The number of halogens is 1. The molecule has 1 unspecified atom stereocenters. The number of carbonyl (C=O) groups is 1. The second-order valence-electron chi connectivity index (χ2n) is 3.51. The molecule has 1 aromatic carbocycles. The number of unbranched alkanes of at least 4 members (excludes halogenated alkanes) is 1. The first kappa shape index (κ1) is 14.0. The van der Waals surface area contributed by atoms with Gasteiger partial charge in [-0.3, -0.25) is 4.79 Å². The fraction of sp³-hybridized carbons (Fsp3) is 0.417. The summed E-state index contributed by atoms with van der Waals surface area (Å²) in [6.07, 6.45) is 3.00. The lowest BCUT2D eigenvalue weighted by molar-refractivity contribution is -0.119. The van der Waals surface area contributed by atoms with Crippen LogP contribution in [0.5, 0.6) is 0 Å². The summed E-state index contributed by atoms with van der Waals surface area (Å²) >= 11 is 0. The minimum atomic E-state index is -0.218. The van der Waals surface area contributed by atoms with Gasteiger partial charge in [-0.25, -0.2) is 0 Å². The van der Waals surface area contributed by atoms with Crippen molar-refractivity contribution in [3.63, 3.8) is 0 Å². The molecule has 1 aromatic rings. The third kappa shape index (κ3) is 4.34. The third-order valence-electron chi connectivity index (χ3n) is 2.39.